The molecule has 21 heavy (non-hydrogen) atoms. The second kappa shape index (κ2) is 10.6. The Hall–Kier alpha value is -1.16. The fourth-order valence-electron chi connectivity index (χ4n) is 2.29. The quantitative estimate of drug-likeness (QED) is 0.633. The van der Waals surface area contributed by atoms with E-state index in [1.165, 1.54) is 19.3 Å². The molecule has 1 N–H and O–H groups in total. The molecule has 0 aliphatic rings. The van der Waals surface area contributed by atoms with Crippen molar-refractivity contribution in [1.82, 2.24) is 0 Å². The third-order valence-electron chi connectivity index (χ3n) is 3.56. The molecule has 0 radical (unpaired) electrons. The van der Waals surface area contributed by atoms with Crippen LogP contribution in [0.1, 0.15) is 51.0 Å². The zero-order valence-electron chi connectivity index (χ0n) is 12.8. The van der Waals surface area contributed by atoms with E-state index in [9.17, 15) is 14.1 Å². The fourth-order valence-corrected chi connectivity index (χ4v) is 3.66. The summed E-state index contributed by atoms with van der Waals surface area (Å²) in [5.41, 5.74) is 0.932. The van der Waals surface area contributed by atoms with E-state index in [-0.39, 0.29) is 0 Å². The summed E-state index contributed by atoms with van der Waals surface area (Å²) in [6.45, 7) is 2.18. The topological polar surface area (TPSA) is 54.4 Å². The summed E-state index contributed by atoms with van der Waals surface area (Å²) in [6.07, 6.45) is 7.08. The van der Waals surface area contributed by atoms with E-state index in [0.717, 1.165) is 24.8 Å². The minimum absolute atomic E-state index is 0.346. The van der Waals surface area contributed by atoms with Crippen LogP contribution in [0, 0.1) is 0 Å². The SMILES string of the molecule is CCCCCCCCS(=O)C(Cc1ccccc1)C(=O)O. The second-order valence-corrected chi connectivity index (χ2v) is 7.11. The standard InChI is InChI=1S/C17H26O3S/c1-2-3-4-5-6-10-13-21(20)16(17(18)19)14-15-11-8-7-9-12-15/h7-9,11-12,16H,2-6,10,13-14H2,1H3,(H,18,19). The van der Waals surface area contributed by atoms with Gasteiger partial charge in [-0.3, -0.25) is 9.00 Å². The first-order valence-electron chi connectivity index (χ1n) is 7.79. The number of hydrogen-bond donors (Lipinski definition) is 1. The summed E-state index contributed by atoms with van der Waals surface area (Å²) in [7, 11) is -1.30. The fraction of sp³-hybridized carbons (Fsp3) is 0.588. The molecule has 3 nitrogen and oxygen atoms in total. The van der Waals surface area contributed by atoms with Crippen molar-refractivity contribution in [2.24, 2.45) is 0 Å². The van der Waals surface area contributed by atoms with E-state index in [4.69, 9.17) is 0 Å². The molecule has 4 heteroatoms. The van der Waals surface area contributed by atoms with Crippen LogP contribution in [0.2, 0.25) is 0 Å². The number of carbonyl (C=O) groups is 1. The average Bonchev–Trinajstić information content (AvgIpc) is 2.49. The lowest BCUT2D eigenvalue weighted by molar-refractivity contribution is -0.136. The van der Waals surface area contributed by atoms with Gasteiger partial charge >= 0.3 is 5.97 Å². The Morgan fingerprint density at radius 3 is 2.33 bits per heavy atom. The van der Waals surface area contributed by atoms with E-state index < -0.39 is 22.0 Å². The Labute approximate surface area is 130 Å². The van der Waals surface area contributed by atoms with Crippen LogP contribution >= 0.6 is 0 Å². The molecule has 0 aliphatic carbocycles. The Bertz CT molecular complexity index is 431. The Morgan fingerprint density at radius 2 is 1.71 bits per heavy atom. The highest BCUT2D eigenvalue weighted by Crippen LogP contribution is 2.12. The summed E-state index contributed by atoms with van der Waals surface area (Å²) in [5, 5.41) is 8.50. The average molecular weight is 310 g/mol. The molecule has 0 saturated carbocycles. The van der Waals surface area contributed by atoms with Gasteiger partial charge in [-0.05, 0) is 18.4 Å². The Balaban J connectivity index is 2.38. The smallest absolute Gasteiger partial charge is 0.319 e. The zero-order valence-corrected chi connectivity index (χ0v) is 13.6. The molecule has 0 heterocycles. The maximum Gasteiger partial charge on any atom is 0.319 e. The van der Waals surface area contributed by atoms with Crippen LogP contribution < -0.4 is 0 Å². The van der Waals surface area contributed by atoms with Crippen molar-refractivity contribution in [2.45, 2.75) is 57.1 Å². The third-order valence-corrected chi connectivity index (χ3v) is 5.25. The third kappa shape index (κ3) is 7.42. The highest BCUT2D eigenvalue weighted by Gasteiger charge is 2.24. The van der Waals surface area contributed by atoms with Gasteiger partial charge in [-0.2, -0.15) is 0 Å². The van der Waals surface area contributed by atoms with Gasteiger partial charge in [0.2, 0.25) is 0 Å². The van der Waals surface area contributed by atoms with Crippen LogP contribution in [0.3, 0.4) is 0 Å². The number of carboxylic acids is 1. The molecule has 0 aliphatic heterocycles. The Morgan fingerprint density at radius 1 is 1.10 bits per heavy atom. The molecule has 0 aromatic heterocycles. The molecule has 0 saturated heterocycles. The van der Waals surface area contributed by atoms with E-state index >= 15 is 0 Å². The van der Waals surface area contributed by atoms with Crippen molar-refractivity contribution < 1.29 is 14.1 Å². The minimum Gasteiger partial charge on any atom is -0.480 e. The van der Waals surface area contributed by atoms with Crippen LogP contribution in [0.5, 0.6) is 0 Å². The van der Waals surface area contributed by atoms with Gasteiger partial charge < -0.3 is 5.11 Å². The zero-order chi connectivity index (χ0) is 15.5. The lowest BCUT2D eigenvalue weighted by atomic mass is 10.1. The molecule has 118 valence electrons. The van der Waals surface area contributed by atoms with Crippen LogP contribution in [0.4, 0.5) is 0 Å². The van der Waals surface area contributed by atoms with Gasteiger partial charge in [0.25, 0.3) is 0 Å². The molecular formula is C17H26O3S. The molecular weight excluding hydrogens is 284 g/mol. The van der Waals surface area contributed by atoms with Gasteiger partial charge in [0.1, 0.15) is 5.25 Å². The van der Waals surface area contributed by atoms with E-state index in [2.05, 4.69) is 6.92 Å². The number of aliphatic carboxylic acids is 1. The summed E-state index contributed by atoms with van der Waals surface area (Å²) < 4.78 is 12.2. The number of hydrogen-bond acceptors (Lipinski definition) is 2. The van der Waals surface area contributed by atoms with E-state index in [1.807, 2.05) is 30.3 Å². The molecule has 0 spiro atoms. The normalized spacial score (nSPS) is 13.8. The first kappa shape index (κ1) is 17.9. The first-order chi connectivity index (χ1) is 10.1. The van der Waals surface area contributed by atoms with Gasteiger partial charge in [0.05, 0.1) is 0 Å². The van der Waals surface area contributed by atoms with Crippen molar-refractivity contribution in [1.29, 1.82) is 0 Å². The van der Waals surface area contributed by atoms with Crippen LogP contribution in [0.25, 0.3) is 0 Å². The molecule has 2 atom stereocenters. The number of carboxylic acid groups (broad SMARTS) is 1. The lowest BCUT2D eigenvalue weighted by Crippen LogP contribution is -2.29. The first-order valence-corrected chi connectivity index (χ1v) is 9.17. The van der Waals surface area contributed by atoms with Crippen LogP contribution in [-0.2, 0) is 22.0 Å². The molecule has 0 bridgehead atoms. The van der Waals surface area contributed by atoms with Gasteiger partial charge in [0.15, 0.2) is 0 Å². The monoisotopic (exact) mass is 310 g/mol. The number of rotatable bonds is 11. The molecule has 0 amide bonds. The Kier molecular flexibility index (Phi) is 8.99. The van der Waals surface area contributed by atoms with Gasteiger partial charge in [-0.1, -0.05) is 69.4 Å². The van der Waals surface area contributed by atoms with Crippen LogP contribution in [-0.4, -0.2) is 26.3 Å². The minimum atomic E-state index is -1.30. The highest BCUT2D eigenvalue weighted by molar-refractivity contribution is 7.86. The van der Waals surface area contributed by atoms with Gasteiger partial charge in [0, 0.05) is 16.6 Å². The summed E-state index contributed by atoms with van der Waals surface area (Å²) >= 11 is 0. The number of unbranched alkanes of at least 4 members (excludes halogenated alkanes) is 5. The van der Waals surface area contributed by atoms with Crippen LogP contribution in [0.15, 0.2) is 30.3 Å². The molecule has 0 fully saturated rings. The molecule has 2 unspecified atom stereocenters. The van der Waals surface area contributed by atoms with Gasteiger partial charge in [-0.15, -0.1) is 0 Å². The highest BCUT2D eigenvalue weighted by atomic mass is 32.2. The predicted octanol–water partition coefficient (Wildman–Crippen LogP) is 3.79. The number of benzene rings is 1. The summed E-state index contributed by atoms with van der Waals surface area (Å²) in [4.78, 5) is 11.3. The largest absolute Gasteiger partial charge is 0.480 e. The molecule has 1 aromatic rings. The van der Waals surface area contributed by atoms with Crippen molar-refractivity contribution in [3.8, 4) is 0 Å². The predicted molar refractivity (Wildman–Crippen MR) is 88.0 cm³/mol. The second-order valence-electron chi connectivity index (χ2n) is 5.37. The van der Waals surface area contributed by atoms with Crippen molar-refractivity contribution in [3.63, 3.8) is 0 Å². The summed E-state index contributed by atoms with van der Waals surface area (Å²) in [6, 6.07) is 9.43. The van der Waals surface area contributed by atoms with E-state index in [1.54, 1.807) is 0 Å². The maximum atomic E-state index is 12.2. The van der Waals surface area contributed by atoms with Crippen molar-refractivity contribution in [2.75, 3.05) is 5.75 Å². The molecule has 1 rings (SSSR count). The van der Waals surface area contributed by atoms with Crippen molar-refractivity contribution in [3.05, 3.63) is 35.9 Å². The summed E-state index contributed by atoms with van der Waals surface area (Å²) in [5.74, 6) is -0.459. The lowest BCUT2D eigenvalue weighted by Gasteiger charge is -2.12. The van der Waals surface area contributed by atoms with Crippen molar-refractivity contribution >= 4 is 16.8 Å². The van der Waals surface area contributed by atoms with Gasteiger partial charge in [-0.25, -0.2) is 0 Å². The molecule has 1 aromatic carbocycles. The maximum absolute atomic E-state index is 12.2. The van der Waals surface area contributed by atoms with E-state index in [0.29, 0.717) is 12.2 Å².